The number of piperazine rings is 1. The van der Waals surface area contributed by atoms with Gasteiger partial charge in [0.15, 0.2) is 0 Å². The monoisotopic (exact) mass is 422 g/mol. The van der Waals surface area contributed by atoms with Gasteiger partial charge in [-0.1, -0.05) is 6.07 Å². The van der Waals surface area contributed by atoms with E-state index in [1.54, 1.807) is 12.0 Å². The van der Waals surface area contributed by atoms with Crippen molar-refractivity contribution in [3.8, 4) is 5.75 Å². The Morgan fingerprint density at radius 3 is 2.29 bits per heavy atom. The zero-order valence-corrected chi connectivity index (χ0v) is 18.4. The van der Waals surface area contributed by atoms with Crippen LogP contribution in [0.25, 0.3) is 0 Å². The maximum absolute atomic E-state index is 12.8. The van der Waals surface area contributed by atoms with Crippen molar-refractivity contribution in [1.82, 2.24) is 10.2 Å². The van der Waals surface area contributed by atoms with E-state index in [0.717, 1.165) is 35.8 Å². The number of ether oxygens (including phenoxy) is 1. The summed E-state index contributed by atoms with van der Waals surface area (Å²) in [5.74, 6) is 0.889. The highest BCUT2D eigenvalue weighted by atomic mass is 16.5. The molecule has 2 aliphatic heterocycles. The number of aryl methyl sites for hydroxylation is 2. The number of amides is 3. The number of carbonyl (C=O) groups excluding carboxylic acids is 2. The molecule has 2 aromatic rings. The third kappa shape index (κ3) is 4.60. The average molecular weight is 423 g/mol. The first-order valence-corrected chi connectivity index (χ1v) is 10.8. The van der Waals surface area contributed by atoms with Crippen molar-refractivity contribution in [2.24, 2.45) is 0 Å². The predicted molar refractivity (Wildman–Crippen MR) is 122 cm³/mol. The van der Waals surface area contributed by atoms with Crippen LogP contribution in [0.5, 0.6) is 5.75 Å². The van der Waals surface area contributed by atoms with Crippen LogP contribution in [0.2, 0.25) is 0 Å². The number of carbonyl (C=O) groups is 2. The van der Waals surface area contributed by atoms with Crippen molar-refractivity contribution in [1.29, 1.82) is 0 Å². The summed E-state index contributed by atoms with van der Waals surface area (Å²) in [4.78, 5) is 31.2. The summed E-state index contributed by atoms with van der Waals surface area (Å²) >= 11 is 0. The summed E-state index contributed by atoms with van der Waals surface area (Å²) in [7, 11) is 1.66. The van der Waals surface area contributed by atoms with Crippen LogP contribution in [0.15, 0.2) is 42.5 Å². The second-order valence-electron chi connectivity index (χ2n) is 8.30. The van der Waals surface area contributed by atoms with Gasteiger partial charge in [-0.15, -0.1) is 0 Å². The first kappa shape index (κ1) is 21.0. The largest absolute Gasteiger partial charge is 0.497 e. The third-order valence-electron chi connectivity index (χ3n) is 6.26. The molecule has 164 valence electrons. The first-order chi connectivity index (χ1) is 14.9. The number of benzene rings is 2. The summed E-state index contributed by atoms with van der Waals surface area (Å²) in [6, 6.07) is 13.8. The molecule has 0 bridgehead atoms. The van der Waals surface area contributed by atoms with Crippen molar-refractivity contribution in [2.45, 2.75) is 26.3 Å². The van der Waals surface area contributed by atoms with Crippen molar-refractivity contribution >= 4 is 23.3 Å². The molecule has 31 heavy (non-hydrogen) atoms. The van der Waals surface area contributed by atoms with Crippen LogP contribution >= 0.6 is 0 Å². The maximum Gasteiger partial charge on any atom is 0.317 e. The SMILES string of the molecule is COc1ccc(N2CCN(C(=O)NC3CC(=O)N(c4ccc(C)c(C)c4)C3)CC2)cc1. The van der Waals surface area contributed by atoms with Crippen LogP contribution in [0, 0.1) is 13.8 Å². The second kappa shape index (κ2) is 8.88. The lowest BCUT2D eigenvalue weighted by Gasteiger charge is -2.36. The minimum atomic E-state index is -0.166. The van der Waals surface area contributed by atoms with Crippen molar-refractivity contribution in [3.63, 3.8) is 0 Å². The molecule has 2 fully saturated rings. The number of methoxy groups -OCH3 is 1. The van der Waals surface area contributed by atoms with E-state index in [1.807, 2.05) is 54.3 Å². The molecule has 1 unspecified atom stereocenters. The van der Waals surface area contributed by atoms with Gasteiger partial charge in [-0.2, -0.15) is 0 Å². The van der Waals surface area contributed by atoms with E-state index in [9.17, 15) is 9.59 Å². The number of nitrogens with zero attached hydrogens (tertiary/aromatic N) is 3. The number of anilines is 2. The van der Waals surface area contributed by atoms with E-state index in [-0.39, 0.29) is 18.0 Å². The maximum atomic E-state index is 12.8. The molecular formula is C24H30N4O3. The minimum Gasteiger partial charge on any atom is -0.497 e. The number of urea groups is 1. The average Bonchev–Trinajstić information content (AvgIpc) is 3.15. The molecule has 2 saturated heterocycles. The second-order valence-corrected chi connectivity index (χ2v) is 8.30. The summed E-state index contributed by atoms with van der Waals surface area (Å²) in [5, 5.41) is 3.06. The van der Waals surface area contributed by atoms with Crippen LogP contribution < -0.4 is 19.9 Å². The number of nitrogens with one attached hydrogen (secondary N) is 1. The van der Waals surface area contributed by atoms with E-state index in [4.69, 9.17) is 4.74 Å². The first-order valence-electron chi connectivity index (χ1n) is 10.8. The lowest BCUT2D eigenvalue weighted by Crippen LogP contribution is -2.53. The van der Waals surface area contributed by atoms with Gasteiger partial charge < -0.3 is 24.8 Å². The molecule has 7 nitrogen and oxygen atoms in total. The number of rotatable bonds is 4. The predicted octanol–water partition coefficient (Wildman–Crippen LogP) is 2.95. The molecule has 2 aliphatic rings. The third-order valence-corrected chi connectivity index (χ3v) is 6.26. The quantitative estimate of drug-likeness (QED) is 0.823. The highest BCUT2D eigenvalue weighted by molar-refractivity contribution is 5.97. The molecule has 2 heterocycles. The normalized spacial score (nSPS) is 19.0. The Morgan fingerprint density at radius 2 is 1.65 bits per heavy atom. The Balaban J connectivity index is 1.30. The molecule has 3 amide bonds. The van der Waals surface area contributed by atoms with Gasteiger partial charge in [0.1, 0.15) is 5.75 Å². The molecule has 4 rings (SSSR count). The lowest BCUT2D eigenvalue weighted by atomic mass is 10.1. The van der Waals surface area contributed by atoms with E-state index in [0.29, 0.717) is 26.1 Å². The summed E-state index contributed by atoms with van der Waals surface area (Å²) in [5.41, 5.74) is 4.39. The summed E-state index contributed by atoms with van der Waals surface area (Å²) in [6.45, 7) is 7.47. The Hall–Kier alpha value is -3.22. The van der Waals surface area contributed by atoms with E-state index in [2.05, 4.69) is 17.1 Å². The van der Waals surface area contributed by atoms with Crippen molar-refractivity contribution in [2.75, 3.05) is 49.6 Å². The summed E-state index contributed by atoms with van der Waals surface area (Å²) < 4.78 is 5.22. The Labute approximate surface area is 183 Å². The fourth-order valence-corrected chi connectivity index (χ4v) is 4.17. The van der Waals surface area contributed by atoms with Gasteiger partial charge >= 0.3 is 6.03 Å². The highest BCUT2D eigenvalue weighted by Gasteiger charge is 2.33. The fraction of sp³-hybridized carbons (Fsp3) is 0.417. The Morgan fingerprint density at radius 1 is 0.968 bits per heavy atom. The Kier molecular flexibility index (Phi) is 6.02. The van der Waals surface area contributed by atoms with Crippen LogP contribution in [0.3, 0.4) is 0 Å². The standard InChI is InChI=1S/C24H30N4O3/c1-17-4-5-21(14-18(17)2)28-16-19(15-23(28)29)25-24(30)27-12-10-26(11-13-27)20-6-8-22(31-3)9-7-20/h4-9,14,19H,10-13,15-16H2,1-3H3,(H,25,30). The van der Waals surface area contributed by atoms with Gasteiger partial charge in [-0.25, -0.2) is 4.79 Å². The molecule has 0 saturated carbocycles. The van der Waals surface area contributed by atoms with E-state index >= 15 is 0 Å². The number of hydrogen-bond acceptors (Lipinski definition) is 4. The van der Waals surface area contributed by atoms with Crippen molar-refractivity contribution in [3.05, 3.63) is 53.6 Å². The van der Waals surface area contributed by atoms with Gasteiger partial charge in [-0.3, -0.25) is 4.79 Å². The zero-order valence-electron chi connectivity index (χ0n) is 18.4. The highest BCUT2D eigenvalue weighted by Crippen LogP contribution is 2.24. The van der Waals surface area contributed by atoms with E-state index < -0.39 is 0 Å². The van der Waals surface area contributed by atoms with Crippen LogP contribution in [0.1, 0.15) is 17.5 Å². The summed E-state index contributed by atoms with van der Waals surface area (Å²) in [6.07, 6.45) is 0.338. The minimum absolute atomic E-state index is 0.0536. The zero-order chi connectivity index (χ0) is 22.0. The molecule has 0 radical (unpaired) electrons. The molecule has 0 spiro atoms. The molecular weight excluding hydrogens is 392 g/mol. The van der Waals surface area contributed by atoms with Crippen LogP contribution in [0.4, 0.5) is 16.2 Å². The molecule has 1 atom stereocenters. The molecule has 0 aromatic heterocycles. The molecule has 1 N–H and O–H groups in total. The smallest absolute Gasteiger partial charge is 0.317 e. The topological polar surface area (TPSA) is 65.1 Å². The lowest BCUT2D eigenvalue weighted by molar-refractivity contribution is -0.117. The van der Waals surface area contributed by atoms with Gasteiger partial charge in [0.2, 0.25) is 5.91 Å². The van der Waals surface area contributed by atoms with Gasteiger partial charge in [0.25, 0.3) is 0 Å². The van der Waals surface area contributed by atoms with Gasteiger partial charge in [0.05, 0.1) is 13.2 Å². The van der Waals surface area contributed by atoms with Crippen LogP contribution in [-0.4, -0.2) is 62.7 Å². The van der Waals surface area contributed by atoms with Gasteiger partial charge in [-0.05, 0) is 61.4 Å². The Bertz CT molecular complexity index is 952. The number of hydrogen-bond donors (Lipinski definition) is 1. The molecule has 7 heteroatoms. The van der Waals surface area contributed by atoms with E-state index in [1.165, 1.54) is 5.56 Å². The fourth-order valence-electron chi connectivity index (χ4n) is 4.17. The molecule has 2 aromatic carbocycles. The van der Waals surface area contributed by atoms with Gasteiger partial charge in [0, 0.05) is 50.5 Å². The molecule has 0 aliphatic carbocycles. The van der Waals surface area contributed by atoms with Crippen molar-refractivity contribution < 1.29 is 14.3 Å². The van der Waals surface area contributed by atoms with Crippen LogP contribution in [-0.2, 0) is 4.79 Å².